The number of ether oxygens (including phenoxy) is 1. The molecule has 9 nitrogen and oxygen atoms in total. The standard InChI is InChI=1S/C33H31NO8/c35-21-10-13-25-28(16-21)42-29-17-22(36)11-14-26(29)30(25)27-15-19(7-12-24(27)32(38)39)31(37)34-20-8-5-18(6-9-20)33(40)41-23-3-1-2-4-23/h7,10-18,20,23,35H,1-6,8-9H2,(H,34,37)(H,38,39). The van der Waals surface area contributed by atoms with E-state index in [9.17, 15) is 29.4 Å². The zero-order valence-corrected chi connectivity index (χ0v) is 22.9. The zero-order chi connectivity index (χ0) is 29.4. The maximum Gasteiger partial charge on any atom is 0.336 e. The zero-order valence-electron chi connectivity index (χ0n) is 22.9. The molecular weight excluding hydrogens is 538 g/mol. The molecule has 42 heavy (non-hydrogen) atoms. The van der Waals surface area contributed by atoms with Gasteiger partial charge in [0.1, 0.15) is 23.2 Å². The van der Waals surface area contributed by atoms with E-state index in [0.717, 1.165) is 25.7 Å². The predicted octanol–water partition coefficient (Wildman–Crippen LogP) is 5.74. The summed E-state index contributed by atoms with van der Waals surface area (Å²) in [6, 6.07) is 13.0. The number of fused-ring (bicyclic) bond motifs is 2. The van der Waals surface area contributed by atoms with Gasteiger partial charge in [0.05, 0.1) is 11.5 Å². The van der Waals surface area contributed by atoms with Crippen LogP contribution in [0.2, 0.25) is 0 Å². The number of nitrogens with one attached hydrogen (secondary N) is 1. The minimum Gasteiger partial charge on any atom is -0.508 e. The van der Waals surface area contributed by atoms with Crippen molar-refractivity contribution >= 4 is 28.8 Å². The number of benzene rings is 3. The third kappa shape index (κ3) is 5.46. The summed E-state index contributed by atoms with van der Waals surface area (Å²) < 4.78 is 11.6. The largest absolute Gasteiger partial charge is 0.508 e. The molecular formula is C33H31NO8. The summed E-state index contributed by atoms with van der Waals surface area (Å²) >= 11 is 0. The van der Waals surface area contributed by atoms with Gasteiger partial charge in [0, 0.05) is 40.3 Å². The van der Waals surface area contributed by atoms with Crippen molar-refractivity contribution in [3.63, 3.8) is 0 Å². The predicted molar refractivity (Wildman–Crippen MR) is 155 cm³/mol. The molecule has 0 atom stereocenters. The second kappa shape index (κ2) is 11.3. The Hall–Kier alpha value is -4.66. The lowest BCUT2D eigenvalue weighted by Gasteiger charge is -2.28. The van der Waals surface area contributed by atoms with Crippen molar-refractivity contribution in [1.82, 2.24) is 5.32 Å². The van der Waals surface area contributed by atoms with Crippen LogP contribution in [0.3, 0.4) is 0 Å². The number of esters is 1. The minimum absolute atomic E-state index is 0.0269. The summed E-state index contributed by atoms with van der Waals surface area (Å²) in [5.74, 6) is -1.64. The fourth-order valence-corrected chi connectivity index (χ4v) is 6.24. The smallest absolute Gasteiger partial charge is 0.336 e. The average Bonchev–Trinajstić information content (AvgIpc) is 3.48. The van der Waals surface area contributed by atoms with Gasteiger partial charge in [-0.2, -0.15) is 0 Å². The number of aromatic hydroxyl groups is 1. The van der Waals surface area contributed by atoms with Crippen LogP contribution in [0.25, 0.3) is 33.4 Å². The van der Waals surface area contributed by atoms with Gasteiger partial charge < -0.3 is 24.7 Å². The molecule has 1 aliphatic heterocycles. The number of hydrogen-bond acceptors (Lipinski definition) is 7. The fraction of sp³-hybridized carbons (Fsp3) is 0.333. The Morgan fingerprint density at radius 3 is 2.36 bits per heavy atom. The van der Waals surface area contributed by atoms with Crippen molar-refractivity contribution in [2.75, 3.05) is 0 Å². The molecule has 2 aromatic carbocycles. The SMILES string of the molecule is O=C(NC1CCC(C(=O)OC2CCCC2)CC1)c1ccc(C(=O)O)c(-c2c3ccc(=O)cc-3oc3cc(O)ccc23)c1. The lowest BCUT2D eigenvalue weighted by molar-refractivity contribution is -0.155. The molecule has 1 amide bonds. The Morgan fingerprint density at radius 1 is 0.857 bits per heavy atom. The van der Waals surface area contributed by atoms with Gasteiger partial charge in [-0.1, -0.05) is 0 Å². The number of carboxylic acids is 1. The number of phenols is 1. The molecule has 0 bridgehead atoms. The van der Waals surface area contributed by atoms with E-state index < -0.39 is 5.97 Å². The van der Waals surface area contributed by atoms with Crippen LogP contribution in [0.1, 0.15) is 72.1 Å². The van der Waals surface area contributed by atoms with Crippen LogP contribution >= 0.6 is 0 Å². The van der Waals surface area contributed by atoms with Crippen LogP contribution in [0.4, 0.5) is 0 Å². The number of carboxylic acid groups (broad SMARTS) is 1. The lowest BCUT2D eigenvalue weighted by Crippen LogP contribution is -2.39. The molecule has 2 aromatic rings. The first kappa shape index (κ1) is 27.5. The molecule has 0 radical (unpaired) electrons. The number of aromatic carboxylic acids is 1. The quantitative estimate of drug-likeness (QED) is 0.197. The van der Waals surface area contributed by atoms with E-state index in [2.05, 4.69) is 5.32 Å². The van der Waals surface area contributed by atoms with E-state index in [4.69, 9.17) is 9.15 Å². The third-order valence-electron chi connectivity index (χ3n) is 8.44. The van der Waals surface area contributed by atoms with E-state index in [1.165, 1.54) is 42.5 Å². The van der Waals surface area contributed by atoms with E-state index >= 15 is 0 Å². The Balaban J connectivity index is 1.28. The van der Waals surface area contributed by atoms with Crippen molar-refractivity contribution in [1.29, 1.82) is 0 Å². The summed E-state index contributed by atoms with van der Waals surface area (Å²) in [6.45, 7) is 0. The average molecular weight is 570 g/mol. The molecule has 9 heteroatoms. The van der Waals surface area contributed by atoms with Crippen molar-refractivity contribution in [3.05, 3.63) is 75.9 Å². The van der Waals surface area contributed by atoms with Crippen LogP contribution in [0, 0.1) is 5.92 Å². The van der Waals surface area contributed by atoms with Gasteiger partial charge in [0.25, 0.3) is 5.91 Å². The Kier molecular flexibility index (Phi) is 7.41. The molecule has 0 aromatic heterocycles. The van der Waals surface area contributed by atoms with E-state index in [0.29, 0.717) is 42.2 Å². The van der Waals surface area contributed by atoms with Gasteiger partial charge in [0.2, 0.25) is 0 Å². The van der Waals surface area contributed by atoms with Crippen LogP contribution in [0.15, 0.2) is 63.8 Å². The molecule has 4 aliphatic rings. The molecule has 6 rings (SSSR count). The summed E-state index contributed by atoms with van der Waals surface area (Å²) in [4.78, 5) is 50.4. The summed E-state index contributed by atoms with van der Waals surface area (Å²) in [5.41, 5.74) is 1.47. The molecule has 3 N–H and O–H groups in total. The number of carbonyl (C=O) groups is 3. The van der Waals surface area contributed by atoms with Crippen LogP contribution in [-0.2, 0) is 9.53 Å². The normalized spacial score (nSPS) is 19.1. The fourth-order valence-electron chi connectivity index (χ4n) is 6.24. The van der Waals surface area contributed by atoms with E-state index in [-0.39, 0.29) is 69.2 Å². The first-order valence-corrected chi connectivity index (χ1v) is 14.4. The highest BCUT2D eigenvalue weighted by atomic mass is 16.5. The first-order valence-electron chi connectivity index (χ1n) is 14.4. The number of hydrogen-bond donors (Lipinski definition) is 3. The van der Waals surface area contributed by atoms with E-state index in [1.807, 2.05) is 0 Å². The maximum absolute atomic E-state index is 13.4. The maximum atomic E-state index is 13.4. The van der Waals surface area contributed by atoms with Crippen LogP contribution in [-0.4, -0.2) is 40.2 Å². The monoisotopic (exact) mass is 569 g/mol. The first-order chi connectivity index (χ1) is 20.3. The second-order valence-electron chi connectivity index (χ2n) is 11.2. The number of phenolic OH excluding ortho intramolecular Hbond substituents is 1. The van der Waals surface area contributed by atoms with Crippen LogP contribution in [0.5, 0.6) is 5.75 Å². The van der Waals surface area contributed by atoms with Gasteiger partial charge in [-0.05, 0) is 99.4 Å². The van der Waals surface area contributed by atoms with Gasteiger partial charge in [-0.3, -0.25) is 14.4 Å². The minimum atomic E-state index is -1.18. The van der Waals surface area contributed by atoms with Crippen molar-refractivity contribution in [2.45, 2.75) is 63.5 Å². The molecule has 216 valence electrons. The van der Waals surface area contributed by atoms with Gasteiger partial charge >= 0.3 is 11.9 Å². The Morgan fingerprint density at radius 2 is 1.62 bits per heavy atom. The molecule has 0 unspecified atom stereocenters. The Labute approximate surface area is 241 Å². The molecule has 1 heterocycles. The van der Waals surface area contributed by atoms with Crippen molar-refractivity contribution < 1.29 is 33.8 Å². The lowest BCUT2D eigenvalue weighted by atomic mass is 9.85. The summed E-state index contributed by atoms with van der Waals surface area (Å²) in [6.07, 6.45) is 6.68. The molecule has 0 spiro atoms. The molecule has 0 saturated heterocycles. The number of rotatable bonds is 6. The summed E-state index contributed by atoms with van der Waals surface area (Å²) in [7, 11) is 0. The highest BCUT2D eigenvalue weighted by Gasteiger charge is 2.31. The van der Waals surface area contributed by atoms with Crippen molar-refractivity contribution in [3.8, 4) is 28.2 Å². The molecule has 2 fully saturated rings. The van der Waals surface area contributed by atoms with Gasteiger partial charge in [-0.25, -0.2) is 4.79 Å². The molecule has 3 aliphatic carbocycles. The second-order valence-corrected chi connectivity index (χ2v) is 11.2. The topological polar surface area (TPSA) is 143 Å². The van der Waals surface area contributed by atoms with Crippen molar-refractivity contribution in [2.24, 2.45) is 5.92 Å². The van der Waals surface area contributed by atoms with E-state index in [1.54, 1.807) is 12.1 Å². The third-order valence-corrected chi connectivity index (χ3v) is 8.44. The summed E-state index contributed by atoms with van der Waals surface area (Å²) in [5, 5.41) is 23.7. The molecule has 2 saturated carbocycles. The Bertz CT molecular complexity index is 1710. The van der Waals surface area contributed by atoms with Crippen LogP contribution < -0.4 is 10.7 Å². The number of carbonyl (C=O) groups excluding carboxylic acids is 2. The highest BCUT2D eigenvalue weighted by molar-refractivity contribution is 6.09. The van der Waals surface area contributed by atoms with Gasteiger partial charge in [0.15, 0.2) is 5.43 Å². The van der Waals surface area contributed by atoms with Gasteiger partial charge in [-0.15, -0.1) is 0 Å². The number of amides is 1. The highest BCUT2D eigenvalue weighted by Crippen LogP contribution is 2.42.